The summed E-state index contributed by atoms with van der Waals surface area (Å²) in [4.78, 5) is 91.5. The van der Waals surface area contributed by atoms with Crippen LogP contribution >= 0.6 is 85.5 Å². The Morgan fingerprint density at radius 1 is 0.280 bits per heavy atom. The van der Waals surface area contributed by atoms with Crippen molar-refractivity contribution in [3.8, 4) is 68.9 Å². The predicted molar refractivity (Wildman–Crippen MR) is 596 cm³/mol. The SMILES string of the molecule is COc1ccc(-n2ccn(-c3cccc(F)c3)c2=O)cc1OCCN1CCCCC1.COc1ccc(-n2ccn(-c3cccc(F)c3)c2=O)cc1OCCN1CCCCC1.COc1ccc(N2CCN(c3cccc(Cl)c3Cl)C2=O)cc1OCCN1CCCCC1.O=C1N(c2ccc(Cl)c(Cl)c2)CCN1c1ccc(Br)c(OCCN2CCCCC2)c1.O=C1N(c2ccc(OCCN3CCCCC3)nc2)CCN1c1ccc(Cl)c(Cl)c1. The number of ether oxygens (including phenoxy) is 8. The van der Waals surface area contributed by atoms with E-state index in [-0.39, 0.29) is 41.1 Å². The first-order chi connectivity index (χ1) is 73.0. The van der Waals surface area contributed by atoms with Crippen molar-refractivity contribution < 1.29 is 61.1 Å². The first kappa shape index (κ1) is 111. The Morgan fingerprint density at radius 2 is 0.580 bits per heavy atom. The molecule has 6 amide bonds. The molecule has 9 aromatic carbocycles. The second kappa shape index (κ2) is 55.0. The second-order valence-corrected chi connectivity index (χ2v) is 40.6. The lowest BCUT2D eigenvalue weighted by atomic mass is 10.1. The molecule has 0 bridgehead atoms. The molecule has 0 N–H and O–H groups in total. The first-order valence-corrected chi connectivity index (χ1v) is 54.4. The van der Waals surface area contributed by atoms with E-state index in [4.69, 9.17) is 108 Å². The third-order valence-electron chi connectivity index (χ3n) is 27.5. The molecular weight excluding hydrogens is 2110 g/mol. The molecule has 20 rings (SSSR count). The fourth-order valence-electron chi connectivity index (χ4n) is 19.4. The molecule has 8 fully saturated rings. The van der Waals surface area contributed by atoms with Crippen molar-refractivity contribution in [1.82, 2.24) is 47.8 Å². The van der Waals surface area contributed by atoms with Crippen molar-refractivity contribution in [3.05, 3.63) is 286 Å². The number of carbonyl (C=O) groups is 3. The molecule has 29 nitrogen and oxygen atoms in total. The fraction of sp³-hybridized carbons (Fsp3) is 0.393. The van der Waals surface area contributed by atoms with Crippen molar-refractivity contribution in [2.24, 2.45) is 0 Å². The van der Waals surface area contributed by atoms with E-state index in [1.165, 1.54) is 139 Å². The number of carbonyl (C=O) groups excluding carboxylic acids is 3. The summed E-state index contributed by atoms with van der Waals surface area (Å²) in [5.74, 6) is 4.29. The first-order valence-electron chi connectivity index (χ1n) is 51.3. The maximum Gasteiger partial charge on any atom is 0.337 e. The van der Waals surface area contributed by atoms with Crippen LogP contribution in [0, 0.1) is 11.6 Å². The van der Waals surface area contributed by atoms with E-state index in [0.29, 0.717) is 171 Å². The van der Waals surface area contributed by atoms with E-state index in [1.54, 1.807) is 191 Å². The van der Waals surface area contributed by atoms with Crippen LogP contribution in [0.25, 0.3) is 22.7 Å². The number of nitrogens with zero attached hydrogens (tertiary/aromatic N) is 16. The maximum absolute atomic E-state index is 13.5. The van der Waals surface area contributed by atoms with Gasteiger partial charge in [0.2, 0.25) is 5.88 Å². The number of halogens is 9. The molecule has 0 unspecified atom stereocenters. The highest BCUT2D eigenvalue weighted by Gasteiger charge is 2.36. The van der Waals surface area contributed by atoms with Crippen LogP contribution in [0.5, 0.6) is 46.1 Å². The molecule has 8 aliphatic rings. The summed E-state index contributed by atoms with van der Waals surface area (Å²) in [6.07, 6.45) is 27.4. The number of imidazole rings is 2. The van der Waals surface area contributed by atoms with Crippen LogP contribution in [0.1, 0.15) is 96.3 Å². The van der Waals surface area contributed by atoms with Crippen molar-refractivity contribution in [2.75, 3.05) is 221 Å². The van der Waals surface area contributed by atoms with Crippen LogP contribution in [0.15, 0.2) is 233 Å². The summed E-state index contributed by atoms with van der Waals surface area (Å²) in [5, 5.41) is 2.63. The zero-order valence-corrected chi connectivity index (χ0v) is 90.8. The highest BCUT2D eigenvalue weighted by molar-refractivity contribution is 9.10. The van der Waals surface area contributed by atoms with Gasteiger partial charge in [-0.25, -0.2) is 37.7 Å². The van der Waals surface area contributed by atoms with Crippen LogP contribution in [0.4, 0.5) is 57.3 Å². The molecule has 3 aromatic heterocycles. The van der Waals surface area contributed by atoms with E-state index in [1.807, 2.05) is 54.6 Å². The third kappa shape index (κ3) is 29.4. The molecule has 0 radical (unpaired) electrons. The summed E-state index contributed by atoms with van der Waals surface area (Å²) in [6, 6.07) is 53.2. The number of piperidine rings is 5. The molecule has 8 aliphatic heterocycles. The summed E-state index contributed by atoms with van der Waals surface area (Å²) in [6.45, 7) is 22.1. The molecule has 0 saturated carbocycles. The maximum atomic E-state index is 13.5. The fourth-order valence-corrected chi connectivity index (χ4v) is 20.7. The zero-order valence-electron chi connectivity index (χ0n) is 84.6. The smallest absolute Gasteiger partial charge is 0.337 e. The lowest BCUT2D eigenvalue weighted by molar-refractivity contribution is 0.180. The number of urea groups is 3. The zero-order chi connectivity index (χ0) is 105. The molecule has 796 valence electrons. The number of amides is 6. The van der Waals surface area contributed by atoms with E-state index >= 15 is 0 Å². The summed E-state index contributed by atoms with van der Waals surface area (Å²) in [5.41, 5.74) is 6.12. The van der Waals surface area contributed by atoms with Crippen molar-refractivity contribution >= 4 is 138 Å². The normalized spacial score (nSPS) is 16.4. The van der Waals surface area contributed by atoms with E-state index < -0.39 is 0 Å². The van der Waals surface area contributed by atoms with E-state index in [0.717, 1.165) is 137 Å². The van der Waals surface area contributed by atoms with Gasteiger partial charge in [0, 0.05) is 150 Å². The van der Waals surface area contributed by atoms with Gasteiger partial charge in [-0.2, -0.15) is 0 Å². The Bertz CT molecular complexity index is 6470. The number of pyridine rings is 1. The lowest BCUT2D eigenvalue weighted by Crippen LogP contribution is -2.33. The van der Waals surface area contributed by atoms with Crippen molar-refractivity contribution in [1.29, 1.82) is 0 Å². The topological polar surface area (TPSA) is 227 Å². The molecule has 0 spiro atoms. The Hall–Kier alpha value is -11.8. The Kier molecular flexibility index (Phi) is 40.6. The van der Waals surface area contributed by atoms with Gasteiger partial charge in [-0.05, 0) is 285 Å². The number of rotatable bonds is 33. The second-order valence-electron chi connectivity index (χ2n) is 37.4. The van der Waals surface area contributed by atoms with Crippen LogP contribution in [-0.4, -0.2) is 258 Å². The molecular formula is C112H127BrCl6F2N16O13. The molecule has 0 aliphatic carbocycles. The van der Waals surface area contributed by atoms with Gasteiger partial charge in [-0.3, -0.25) is 72.2 Å². The number of aromatic nitrogens is 5. The standard InChI is InChI=1S/C23H27Cl2N3O3.2C23H26FN3O3.C22H24BrCl2N3O2.C21H24Cl2N4O2/c1-30-20-9-8-17(16-21(20)31-15-14-26-10-3-2-4-11-26)27-12-13-28(23(27)29)19-7-5-6-18(24)22(19)25;2*1-29-21-9-8-20(17-22(21)30-15-14-25-10-3-2-4-11-25)27-13-12-26(23(27)28)19-7-5-6-18(24)16-19;23-18-6-4-17(15-21(18)30-13-12-26-8-2-1-3-9-26)28-11-10-27(22(28)29)16-5-7-19(24)20(25)14-16;22-18-6-4-16(14-19(18)23)26-10-11-27(21(26)28)17-5-7-20(24-15-17)29-13-12-25-8-2-1-3-9-25/h5-9,16H,2-4,10-15H2,1H3;2*5-9,12-13,16-17H,2-4,10-11,14-15H2,1H3;4-7,14-15H,1-3,8-13H2;4-7,14-15H,1-3,8-13H2. The summed E-state index contributed by atoms with van der Waals surface area (Å²) >= 11 is 40.2. The van der Waals surface area contributed by atoms with Crippen molar-refractivity contribution in [2.45, 2.75) is 96.3 Å². The molecule has 12 aromatic rings. The summed E-state index contributed by atoms with van der Waals surface area (Å²) in [7, 11) is 4.81. The minimum Gasteiger partial charge on any atom is -0.493 e. The average molecular weight is 2240 g/mol. The largest absolute Gasteiger partial charge is 0.493 e. The van der Waals surface area contributed by atoms with Gasteiger partial charge in [-0.1, -0.05) is 120 Å². The highest BCUT2D eigenvalue weighted by atomic mass is 79.9. The average Bonchev–Trinajstić information content (AvgIpc) is 1.66. The Balaban J connectivity index is 0.000000133. The van der Waals surface area contributed by atoms with E-state index in [2.05, 4.69) is 45.4 Å². The van der Waals surface area contributed by atoms with Gasteiger partial charge in [0.1, 0.15) is 50.4 Å². The van der Waals surface area contributed by atoms with Crippen LogP contribution in [-0.2, 0) is 0 Å². The quantitative estimate of drug-likeness (QED) is 0.0372. The molecule has 0 atom stereocenters. The number of hydrogen-bond donors (Lipinski definition) is 0. The number of benzene rings is 9. The number of methoxy groups -OCH3 is 3. The minimum atomic E-state index is -0.388. The van der Waals surface area contributed by atoms with Crippen LogP contribution in [0.2, 0.25) is 30.1 Å². The Morgan fingerprint density at radius 3 is 0.940 bits per heavy atom. The van der Waals surface area contributed by atoms with Gasteiger partial charge in [0.05, 0.1) is 96.3 Å². The van der Waals surface area contributed by atoms with Crippen LogP contribution < -0.4 is 78.7 Å². The molecule has 150 heavy (non-hydrogen) atoms. The molecule has 38 heteroatoms. The van der Waals surface area contributed by atoms with Crippen LogP contribution in [0.3, 0.4) is 0 Å². The van der Waals surface area contributed by atoms with Gasteiger partial charge in [-0.15, -0.1) is 0 Å². The van der Waals surface area contributed by atoms with Crippen molar-refractivity contribution in [3.63, 3.8) is 0 Å². The summed E-state index contributed by atoms with van der Waals surface area (Å²) < 4.78 is 80.0. The highest BCUT2D eigenvalue weighted by Crippen LogP contribution is 2.42. The lowest BCUT2D eigenvalue weighted by Gasteiger charge is -2.26. The molecule has 8 saturated heterocycles. The monoisotopic (exact) mass is 2230 g/mol. The Labute approximate surface area is 912 Å². The van der Waals surface area contributed by atoms with Gasteiger partial charge in [0.25, 0.3) is 0 Å². The predicted octanol–water partition coefficient (Wildman–Crippen LogP) is 23.4. The minimum absolute atomic E-state index is 0.0880. The van der Waals surface area contributed by atoms with E-state index in [9.17, 15) is 32.8 Å². The van der Waals surface area contributed by atoms with Gasteiger partial charge < -0.3 is 37.9 Å². The number of hydrogen-bond acceptors (Lipinski definition) is 19. The molecule has 11 heterocycles. The van der Waals surface area contributed by atoms with Gasteiger partial charge in [0.15, 0.2) is 34.5 Å². The number of likely N-dealkylation sites (tertiary alicyclic amines) is 5. The third-order valence-corrected chi connectivity index (χ3v) is 30.5. The van der Waals surface area contributed by atoms with Gasteiger partial charge >= 0.3 is 29.5 Å². The number of anilines is 6.